The van der Waals surface area contributed by atoms with E-state index in [0.717, 1.165) is 27.1 Å². The second kappa shape index (κ2) is 5.93. The first-order chi connectivity index (χ1) is 9.04. The predicted octanol–water partition coefficient (Wildman–Crippen LogP) is 3.66. The topological polar surface area (TPSA) is 47.4 Å². The molecule has 0 aliphatic rings. The number of benzene rings is 1. The molecule has 0 aliphatic carbocycles. The minimum atomic E-state index is 0.272. The number of oxime groups is 1. The average Bonchev–Trinajstić information content (AvgIpc) is 2.36. The summed E-state index contributed by atoms with van der Waals surface area (Å²) >= 11 is 3.40. The van der Waals surface area contributed by atoms with Crippen LogP contribution in [-0.4, -0.2) is 15.7 Å². The van der Waals surface area contributed by atoms with Crippen LogP contribution in [0.3, 0.4) is 0 Å². The zero-order valence-corrected chi connectivity index (χ0v) is 12.6. The van der Waals surface area contributed by atoms with Crippen molar-refractivity contribution in [2.24, 2.45) is 5.16 Å². The van der Waals surface area contributed by atoms with Crippen LogP contribution in [0.15, 0.2) is 40.0 Å². The molecule has 19 heavy (non-hydrogen) atoms. The molecule has 0 saturated carbocycles. The molecular weight excluding hydrogens is 306 g/mol. The molecule has 0 fully saturated rings. The Kier molecular flexibility index (Phi) is 4.27. The lowest BCUT2D eigenvalue weighted by Crippen LogP contribution is -2.01. The first-order valence-electron chi connectivity index (χ1n) is 5.84. The van der Waals surface area contributed by atoms with Gasteiger partial charge in [-0.05, 0) is 44.5 Å². The number of hydrogen-bond donors (Lipinski definition) is 0. The van der Waals surface area contributed by atoms with E-state index in [9.17, 15) is 0 Å². The summed E-state index contributed by atoms with van der Waals surface area (Å²) in [6.45, 7) is 5.67. The lowest BCUT2D eigenvalue weighted by Gasteiger charge is -2.02. The Hall–Kier alpha value is -1.75. The fraction of sp³-hybridized carbons (Fsp3) is 0.214. The molecular formula is C14H14BrN3O. The van der Waals surface area contributed by atoms with Gasteiger partial charge in [0, 0.05) is 15.9 Å². The molecule has 0 bridgehead atoms. The Morgan fingerprint density at radius 2 is 1.68 bits per heavy atom. The molecule has 5 heteroatoms. The number of aromatic nitrogens is 2. The molecule has 0 saturated heterocycles. The van der Waals surface area contributed by atoms with Gasteiger partial charge in [0.1, 0.15) is 0 Å². The zero-order valence-electron chi connectivity index (χ0n) is 11.0. The van der Waals surface area contributed by atoms with Crippen LogP contribution in [0.2, 0.25) is 0 Å². The highest BCUT2D eigenvalue weighted by atomic mass is 79.9. The summed E-state index contributed by atoms with van der Waals surface area (Å²) in [4.78, 5) is 13.6. The molecule has 0 atom stereocenters. The van der Waals surface area contributed by atoms with Crippen LogP contribution in [0, 0.1) is 13.8 Å². The van der Waals surface area contributed by atoms with Gasteiger partial charge in [0.15, 0.2) is 0 Å². The van der Waals surface area contributed by atoms with Crippen molar-refractivity contribution < 1.29 is 4.84 Å². The van der Waals surface area contributed by atoms with Gasteiger partial charge in [0.05, 0.1) is 5.71 Å². The fourth-order valence-corrected chi connectivity index (χ4v) is 1.85. The van der Waals surface area contributed by atoms with E-state index in [1.54, 1.807) is 0 Å². The molecule has 2 rings (SSSR count). The van der Waals surface area contributed by atoms with Crippen LogP contribution < -0.4 is 4.84 Å². The summed E-state index contributed by atoms with van der Waals surface area (Å²) in [5.41, 5.74) is 3.49. The van der Waals surface area contributed by atoms with Crippen molar-refractivity contribution in [1.82, 2.24) is 9.97 Å². The van der Waals surface area contributed by atoms with Crippen LogP contribution in [-0.2, 0) is 0 Å². The number of aryl methyl sites for hydroxylation is 2. The quantitative estimate of drug-likeness (QED) is 0.640. The minimum absolute atomic E-state index is 0.272. The maximum Gasteiger partial charge on any atom is 0.346 e. The highest BCUT2D eigenvalue weighted by molar-refractivity contribution is 9.10. The third kappa shape index (κ3) is 3.86. The lowest BCUT2D eigenvalue weighted by molar-refractivity contribution is 0.311. The molecule has 0 N–H and O–H groups in total. The van der Waals surface area contributed by atoms with Crippen molar-refractivity contribution in [2.75, 3.05) is 0 Å². The smallest absolute Gasteiger partial charge is 0.315 e. The molecule has 0 amide bonds. The number of halogens is 1. The summed E-state index contributed by atoms with van der Waals surface area (Å²) in [5, 5.41) is 4.05. The predicted molar refractivity (Wildman–Crippen MR) is 78.5 cm³/mol. The second-order valence-corrected chi connectivity index (χ2v) is 5.12. The van der Waals surface area contributed by atoms with Crippen molar-refractivity contribution in [1.29, 1.82) is 0 Å². The lowest BCUT2D eigenvalue weighted by atomic mass is 10.1. The Labute approximate surface area is 120 Å². The molecule has 0 spiro atoms. The summed E-state index contributed by atoms with van der Waals surface area (Å²) in [5.74, 6) is 0. The van der Waals surface area contributed by atoms with E-state index < -0.39 is 0 Å². The second-order valence-electron chi connectivity index (χ2n) is 4.21. The van der Waals surface area contributed by atoms with Crippen LogP contribution in [0.1, 0.15) is 23.9 Å². The zero-order chi connectivity index (χ0) is 13.8. The SMILES string of the molecule is C/C(=N/Oc1nc(C)cc(C)n1)c1ccc(Br)cc1. The summed E-state index contributed by atoms with van der Waals surface area (Å²) in [7, 11) is 0. The Bertz CT molecular complexity index is 588. The van der Waals surface area contributed by atoms with E-state index in [0.29, 0.717) is 0 Å². The first kappa shape index (κ1) is 13.7. The third-order valence-corrected chi connectivity index (χ3v) is 3.02. The van der Waals surface area contributed by atoms with Gasteiger partial charge in [0.2, 0.25) is 0 Å². The van der Waals surface area contributed by atoms with Gasteiger partial charge in [-0.15, -0.1) is 0 Å². The normalized spacial score (nSPS) is 11.5. The standard InChI is InChI=1S/C14H14BrN3O/c1-9-8-10(2)17-14(16-9)19-18-11(3)12-4-6-13(15)7-5-12/h4-8H,1-3H3/b18-11-. The van der Waals surface area contributed by atoms with Crippen molar-refractivity contribution in [3.05, 3.63) is 51.8 Å². The minimum Gasteiger partial charge on any atom is -0.315 e. The van der Waals surface area contributed by atoms with E-state index >= 15 is 0 Å². The van der Waals surface area contributed by atoms with Crippen molar-refractivity contribution >= 4 is 21.6 Å². The molecule has 0 unspecified atom stereocenters. The molecule has 0 aliphatic heterocycles. The molecule has 1 aromatic heterocycles. The number of nitrogens with zero attached hydrogens (tertiary/aromatic N) is 3. The van der Waals surface area contributed by atoms with Gasteiger partial charge in [-0.1, -0.05) is 33.2 Å². The van der Waals surface area contributed by atoms with E-state index in [-0.39, 0.29) is 6.01 Å². The van der Waals surface area contributed by atoms with Crippen LogP contribution >= 0.6 is 15.9 Å². The van der Waals surface area contributed by atoms with Gasteiger partial charge >= 0.3 is 6.01 Å². The fourth-order valence-electron chi connectivity index (χ4n) is 1.59. The molecule has 2 aromatic rings. The largest absolute Gasteiger partial charge is 0.346 e. The van der Waals surface area contributed by atoms with Gasteiger partial charge in [-0.3, -0.25) is 0 Å². The Morgan fingerprint density at radius 1 is 1.11 bits per heavy atom. The van der Waals surface area contributed by atoms with Gasteiger partial charge in [-0.2, -0.15) is 9.97 Å². The number of hydrogen-bond acceptors (Lipinski definition) is 4. The van der Waals surface area contributed by atoms with Crippen LogP contribution in [0.25, 0.3) is 0 Å². The Balaban J connectivity index is 2.15. The van der Waals surface area contributed by atoms with E-state index in [4.69, 9.17) is 4.84 Å². The maximum absolute atomic E-state index is 5.27. The Morgan fingerprint density at radius 3 is 2.26 bits per heavy atom. The van der Waals surface area contributed by atoms with Gasteiger partial charge in [0.25, 0.3) is 0 Å². The third-order valence-electron chi connectivity index (χ3n) is 2.49. The van der Waals surface area contributed by atoms with Crippen molar-refractivity contribution in [3.8, 4) is 6.01 Å². The van der Waals surface area contributed by atoms with E-state index in [1.807, 2.05) is 51.1 Å². The highest BCUT2D eigenvalue weighted by Crippen LogP contribution is 2.12. The molecule has 1 heterocycles. The van der Waals surface area contributed by atoms with E-state index in [1.165, 1.54) is 0 Å². The average molecular weight is 320 g/mol. The van der Waals surface area contributed by atoms with Crippen LogP contribution in [0.5, 0.6) is 6.01 Å². The molecule has 98 valence electrons. The van der Waals surface area contributed by atoms with Gasteiger partial charge in [-0.25, -0.2) is 0 Å². The summed E-state index contributed by atoms with van der Waals surface area (Å²) < 4.78 is 1.03. The molecule has 1 aromatic carbocycles. The molecule has 0 radical (unpaired) electrons. The van der Waals surface area contributed by atoms with Crippen LogP contribution in [0.4, 0.5) is 0 Å². The molecule has 4 nitrogen and oxygen atoms in total. The maximum atomic E-state index is 5.27. The monoisotopic (exact) mass is 319 g/mol. The summed E-state index contributed by atoms with van der Waals surface area (Å²) in [6.07, 6.45) is 0. The highest BCUT2D eigenvalue weighted by Gasteiger charge is 2.02. The first-order valence-corrected chi connectivity index (χ1v) is 6.64. The number of rotatable bonds is 3. The summed E-state index contributed by atoms with van der Waals surface area (Å²) in [6, 6.07) is 10.0. The van der Waals surface area contributed by atoms with Crippen molar-refractivity contribution in [2.45, 2.75) is 20.8 Å². The van der Waals surface area contributed by atoms with Gasteiger partial charge < -0.3 is 4.84 Å². The van der Waals surface area contributed by atoms with E-state index in [2.05, 4.69) is 31.1 Å². The van der Waals surface area contributed by atoms with Crippen molar-refractivity contribution in [3.63, 3.8) is 0 Å².